The zero-order valence-electron chi connectivity index (χ0n) is 20.8. The maximum atomic E-state index is 9.74. The Morgan fingerprint density at radius 2 is 2.03 bits per heavy atom. The van der Waals surface area contributed by atoms with Gasteiger partial charge in [-0.25, -0.2) is 4.98 Å². The first-order valence-corrected chi connectivity index (χ1v) is 13.7. The van der Waals surface area contributed by atoms with Crippen molar-refractivity contribution in [2.75, 3.05) is 25.0 Å². The monoisotopic (exact) mass is 528 g/mol. The van der Waals surface area contributed by atoms with E-state index in [1.54, 1.807) is 12.4 Å². The lowest BCUT2D eigenvalue weighted by Crippen LogP contribution is -2.19. The summed E-state index contributed by atoms with van der Waals surface area (Å²) in [4.78, 5) is 12.4. The molecule has 1 fully saturated rings. The summed E-state index contributed by atoms with van der Waals surface area (Å²) in [6.07, 6.45) is 14.6. The van der Waals surface area contributed by atoms with E-state index in [0.717, 1.165) is 44.3 Å². The molecular formula is C29H29ClN6S. The molecule has 0 bridgehead atoms. The minimum atomic E-state index is 0.486. The summed E-state index contributed by atoms with van der Waals surface area (Å²) in [5, 5.41) is 15.5. The van der Waals surface area contributed by atoms with Crippen molar-refractivity contribution in [1.82, 2.24) is 19.4 Å². The highest BCUT2D eigenvalue weighted by molar-refractivity contribution is 7.99. The number of allylic oxidation sites excluding steroid dienone is 1. The first-order chi connectivity index (χ1) is 18.1. The van der Waals surface area contributed by atoms with Crippen molar-refractivity contribution in [3.05, 3.63) is 77.2 Å². The van der Waals surface area contributed by atoms with Crippen LogP contribution >= 0.6 is 23.4 Å². The Kier molecular flexibility index (Phi) is 8.10. The number of hydrogen-bond donors (Lipinski definition) is 1. The molecule has 3 heterocycles. The Balaban J connectivity index is 1.31. The summed E-state index contributed by atoms with van der Waals surface area (Å²) < 4.78 is 1.95. The first-order valence-electron chi connectivity index (χ1n) is 12.5. The molecule has 0 unspecified atom stereocenters. The lowest BCUT2D eigenvalue weighted by atomic mass is 10.1. The number of nitrogens with zero attached hydrogens (tertiary/aromatic N) is 5. The highest BCUT2D eigenvalue weighted by Gasteiger charge is 2.13. The van der Waals surface area contributed by atoms with Crippen molar-refractivity contribution in [1.29, 1.82) is 5.26 Å². The average molecular weight is 529 g/mol. The molecule has 2 aromatic carbocycles. The largest absolute Gasteiger partial charge is 0.354 e. The Morgan fingerprint density at radius 1 is 1.16 bits per heavy atom. The number of benzene rings is 2. The molecule has 1 aliphatic heterocycles. The molecule has 8 heteroatoms. The SMILES string of the molecule is Cn1ccnc1Sc1ccc(Nc2c(C#N)cnc3cc(C=CCCCN4CCCC4)ccc23)cc1Cl. The van der Waals surface area contributed by atoms with Crippen molar-refractivity contribution in [3.63, 3.8) is 0 Å². The van der Waals surface area contributed by atoms with Crippen LogP contribution in [0.2, 0.25) is 5.02 Å². The number of rotatable bonds is 9. The molecule has 0 amide bonds. The zero-order valence-corrected chi connectivity index (χ0v) is 22.4. The standard InChI is InChI=1S/C29H29ClN6S/c1-35-16-12-32-29(35)37-27-11-9-23(18-25(27)30)34-28-22(19-31)20-33-26-17-21(8-10-24(26)28)7-3-2-4-13-36-14-5-6-15-36/h3,7-12,16-18,20H,2,4-6,13-15H2,1H3,(H,33,34). The molecular weight excluding hydrogens is 500 g/mol. The number of aromatic nitrogens is 3. The molecule has 1 N–H and O–H groups in total. The molecule has 0 saturated carbocycles. The van der Waals surface area contributed by atoms with Crippen LogP contribution in [-0.4, -0.2) is 39.1 Å². The predicted molar refractivity (Wildman–Crippen MR) is 152 cm³/mol. The summed E-state index contributed by atoms with van der Waals surface area (Å²) >= 11 is 8.11. The van der Waals surface area contributed by atoms with Crippen molar-refractivity contribution >= 4 is 51.7 Å². The van der Waals surface area contributed by atoms with E-state index in [4.69, 9.17) is 11.6 Å². The third-order valence-electron chi connectivity index (χ3n) is 6.55. The van der Waals surface area contributed by atoms with Crippen molar-refractivity contribution in [2.45, 2.75) is 35.7 Å². The van der Waals surface area contributed by atoms with Crippen LogP contribution in [-0.2, 0) is 7.05 Å². The molecule has 2 aromatic heterocycles. The molecule has 0 spiro atoms. The molecule has 1 aliphatic rings. The van der Waals surface area contributed by atoms with Crippen molar-refractivity contribution < 1.29 is 0 Å². The average Bonchev–Trinajstić information content (AvgIpc) is 3.57. The van der Waals surface area contributed by atoms with E-state index >= 15 is 0 Å². The highest BCUT2D eigenvalue weighted by Crippen LogP contribution is 2.36. The van der Waals surface area contributed by atoms with Gasteiger partial charge in [-0.3, -0.25) is 4.98 Å². The van der Waals surface area contributed by atoms with Gasteiger partial charge >= 0.3 is 0 Å². The maximum Gasteiger partial charge on any atom is 0.172 e. The van der Waals surface area contributed by atoms with Crippen molar-refractivity contribution in [3.8, 4) is 6.07 Å². The minimum Gasteiger partial charge on any atom is -0.354 e. The van der Waals surface area contributed by atoms with E-state index in [1.807, 2.05) is 42.1 Å². The highest BCUT2D eigenvalue weighted by atomic mass is 35.5. The number of anilines is 2. The number of nitrogens with one attached hydrogen (secondary N) is 1. The number of pyridine rings is 1. The molecule has 37 heavy (non-hydrogen) atoms. The summed E-state index contributed by atoms with van der Waals surface area (Å²) in [5.41, 5.74) is 3.97. The van der Waals surface area contributed by atoms with Crippen LogP contribution in [0.5, 0.6) is 0 Å². The lowest BCUT2D eigenvalue weighted by molar-refractivity contribution is 0.335. The number of likely N-dealkylation sites (tertiary alicyclic amines) is 1. The van der Waals surface area contributed by atoms with Gasteiger partial charge in [0.05, 0.1) is 21.8 Å². The second-order valence-corrected chi connectivity index (χ2v) is 10.6. The molecule has 188 valence electrons. The molecule has 0 atom stereocenters. The van der Waals surface area contributed by atoms with Gasteiger partial charge in [0.15, 0.2) is 5.16 Å². The summed E-state index contributed by atoms with van der Waals surface area (Å²) in [6, 6.07) is 14.2. The van der Waals surface area contributed by atoms with Crippen LogP contribution < -0.4 is 5.32 Å². The smallest absolute Gasteiger partial charge is 0.172 e. The topological polar surface area (TPSA) is 69.8 Å². The van der Waals surface area contributed by atoms with Gasteiger partial charge in [-0.2, -0.15) is 5.26 Å². The number of aryl methyl sites for hydroxylation is 1. The van der Waals surface area contributed by atoms with Gasteiger partial charge in [0.2, 0.25) is 0 Å². The second-order valence-electron chi connectivity index (χ2n) is 9.22. The van der Waals surface area contributed by atoms with E-state index in [1.165, 1.54) is 50.7 Å². The third-order valence-corrected chi connectivity index (χ3v) is 8.12. The number of unbranched alkanes of at least 4 members (excludes halogenated alkanes) is 1. The van der Waals surface area contributed by atoms with E-state index < -0.39 is 0 Å². The maximum absolute atomic E-state index is 9.74. The fourth-order valence-corrected chi connectivity index (χ4v) is 5.65. The van der Waals surface area contributed by atoms with Gasteiger partial charge < -0.3 is 14.8 Å². The fraction of sp³-hybridized carbons (Fsp3) is 0.276. The van der Waals surface area contributed by atoms with Crippen LogP contribution in [0.3, 0.4) is 0 Å². The number of fused-ring (bicyclic) bond motifs is 1. The molecule has 0 aliphatic carbocycles. The second kappa shape index (κ2) is 11.8. The normalized spacial score (nSPS) is 14.0. The lowest BCUT2D eigenvalue weighted by Gasteiger charge is -2.13. The number of halogens is 1. The van der Waals surface area contributed by atoms with Crippen LogP contribution in [0.15, 0.2) is 71.1 Å². The van der Waals surface area contributed by atoms with Gasteiger partial charge in [-0.1, -0.05) is 47.6 Å². The van der Waals surface area contributed by atoms with Crippen molar-refractivity contribution in [2.24, 2.45) is 7.05 Å². The minimum absolute atomic E-state index is 0.486. The van der Waals surface area contributed by atoms with Crippen LogP contribution in [0.25, 0.3) is 17.0 Å². The predicted octanol–water partition coefficient (Wildman–Crippen LogP) is 7.28. The fourth-order valence-electron chi connectivity index (χ4n) is 4.55. The third kappa shape index (κ3) is 6.16. The Labute approximate surface area is 227 Å². The number of hydrogen-bond acceptors (Lipinski definition) is 6. The summed E-state index contributed by atoms with van der Waals surface area (Å²) in [5.74, 6) is 0. The van der Waals surface area contributed by atoms with Crippen LogP contribution in [0.4, 0.5) is 11.4 Å². The van der Waals surface area contributed by atoms with Gasteiger partial charge in [0, 0.05) is 41.6 Å². The summed E-state index contributed by atoms with van der Waals surface area (Å²) in [7, 11) is 1.95. The van der Waals surface area contributed by atoms with E-state index in [9.17, 15) is 5.26 Å². The van der Waals surface area contributed by atoms with E-state index in [-0.39, 0.29) is 0 Å². The van der Waals surface area contributed by atoms with Crippen LogP contribution in [0, 0.1) is 11.3 Å². The molecule has 1 saturated heterocycles. The number of imidazole rings is 1. The van der Waals surface area contributed by atoms with Gasteiger partial charge in [0.25, 0.3) is 0 Å². The first kappa shape index (κ1) is 25.3. The molecule has 6 nitrogen and oxygen atoms in total. The zero-order chi connectivity index (χ0) is 25.6. The van der Waals surface area contributed by atoms with Gasteiger partial charge in [-0.05, 0) is 75.1 Å². The Hall–Kier alpha value is -3.31. The quantitative estimate of drug-likeness (QED) is 0.230. The molecule has 4 aromatic rings. The Morgan fingerprint density at radius 3 is 2.78 bits per heavy atom. The Bertz CT molecular complexity index is 1470. The van der Waals surface area contributed by atoms with Crippen LogP contribution in [0.1, 0.15) is 36.8 Å². The van der Waals surface area contributed by atoms with Gasteiger partial charge in [-0.15, -0.1) is 0 Å². The van der Waals surface area contributed by atoms with Gasteiger partial charge in [0.1, 0.15) is 6.07 Å². The molecule has 0 radical (unpaired) electrons. The van der Waals surface area contributed by atoms with E-state index in [2.05, 4.69) is 50.5 Å². The van der Waals surface area contributed by atoms with E-state index in [0.29, 0.717) is 10.6 Å². The number of nitriles is 1. The molecule has 5 rings (SSSR count). The summed E-state index contributed by atoms with van der Waals surface area (Å²) in [6.45, 7) is 3.69.